The summed E-state index contributed by atoms with van der Waals surface area (Å²) in [6.45, 7) is 6.16. The second kappa shape index (κ2) is 6.06. The Hall–Kier alpha value is -2.19. The first-order valence-corrected chi connectivity index (χ1v) is 7.43. The molecule has 0 radical (unpaired) electrons. The Kier molecular flexibility index (Phi) is 3.98. The van der Waals surface area contributed by atoms with Crippen LogP contribution in [0.25, 0.3) is 21.9 Å². The largest absolute Gasteiger partial charge is 0.313 e. The highest BCUT2D eigenvalue weighted by molar-refractivity contribution is 5.96. The maximum atomic E-state index is 4.22. The van der Waals surface area contributed by atoms with E-state index in [9.17, 15) is 0 Å². The second-order valence-corrected chi connectivity index (χ2v) is 5.34. The summed E-state index contributed by atoms with van der Waals surface area (Å²) >= 11 is 0. The van der Waals surface area contributed by atoms with Gasteiger partial charge in [0.1, 0.15) is 0 Å². The van der Waals surface area contributed by atoms with Crippen molar-refractivity contribution >= 4 is 10.8 Å². The highest BCUT2D eigenvalue weighted by atomic mass is 14.8. The molecule has 0 unspecified atom stereocenters. The Morgan fingerprint density at radius 1 is 1.05 bits per heavy atom. The summed E-state index contributed by atoms with van der Waals surface area (Å²) in [4.78, 5) is 4.22. The summed E-state index contributed by atoms with van der Waals surface area (Å²) < 4.78 is 0. The third kappa shape index (κ3) is 2.81. The predicted octanol–water partition coefficient (Wildman–Crippen LogP) is 4.32. The van der Waals surface area contributed by atoms with Crippen molar-refractivity contribution < 1.29 is 0 Å². The van der Waals surface area contributed by atoms with Crippen LogP contribution in [-0.2, 0) is 6.54 Å². The van der Waals surface area contributed by atoms with Gasteiger partial charge in [0.25, 0.3) is 0 Å². The predicted molar refractivity (Wildman–Crippen MR) is 89.3 cm³/mol. The van der Waals surface area contributed by atoms with E-state index in [0.717, 1.165) is 13.1 Å². The number of rotatable bonds is 4. The Balaban J connectivity index is 2.19. The third-order valence-corrected chi connectivity index (χ3v) is 3.80. The zero-order valence-corrected chi connectivity index (χ0v) is 12.6. The second-order valence-electron chi connectivity index (χ2n) is 5.34. The molecule has 0 saturated carbocycles. The quantitative estimate of drug-likeness (QED) is 0.767. The topological polar surface area (TPSA) is 24.9 Å². The molecule has 1 N–H and O–H groups in total. The first-order valence-electron chi connectivity index (χ1n) is 7.43. The van der Waals surface area contributed by atoms with Crippen LogP contribution in [0.5, 0.6) is 0 Å². The minimum absolute atomic E-state index is 0.896. The first-order chi connectivity index (χ1) is 10.3. The number of nitrogens with one attached hydrogen (secondary N) is 1. The molecule has 106 valence electrons. The van der Waals surface area contributed by atoms with Crippen LogP contribution in [0.4, 0.5) is 0 Å². The van der Waals surface area contributed by atoms with E-state index in [-0.39, 0.29) is 0 Å². The highest BCUT2D eigenvalue weighted by Crippen LogP contribution is 2.31. The molecule has 2 aromatic carbocycles. The van der Waals surface area contributed by atoms with E-state index in [1.807, 2.05) is 12.4 Å². The Morgan fingerprint density at radius 3 is 2.81 bits per heavy atom. The van der Waals surface area contributed by atoms with E-state index >= 15 is 0 Å². The summed E-state index contributed by atoms with van der Waals surface area (Å²) in [7, 11) is 0. The number of benzene rings is 2. The molecule has 0 aliphatic heterocycles. The number of hydrogen-bond acceptors (Lipinski definition) is 2. The van der Waals surface area contributed by atoms with Gasteiger partial charge in [0.15, 0.2) is 0 Å². The van der Waals surface area contributed by atoms with Gasteiger partial charge in [0, 0.05) is 24.3 Å². The van der Waals surface area contributed by atoms with Gasteiger partial charge in [-0.3, -0.25) is 4.98 Å². The fraction of sp³-hybridized carbons (Fsp3) is 0.211. The Labute approximate surface area is 125 Å². The summed E-state index contributed by atoms with van der Waals surface area (Å²) in [5.41, 5.74) is 5.22. The molecule has 21 heavy (non-hydrogen) atoms. The fourth-order valence-electron chi connectivity index (χ4n) is 2.71. The van der Waals surface area contributed by atoms with Crippen molar-refractivity contribution in [3.63, 3.8) is 0 Å². The van der Waals surface area contributed by atoms with Crippen LogP contribution in [0.3, 0.4) is 0 Å². The normalized spacial score (nSPS) is 11.0. The number of hydrogen-bond donors (Lipinski definition) is 1. The van der Waals surface area contributed by atoms with Crippen molar-refractivity contribution in [2.75, 3.05) is 6.54 Å². The van der Waals surface area contributed by atoms with E-state index in [1.165, 1.54) is 33.0 Å². The lowest BCUT2D eigenvalue weighted by Gasteiger charge is -2.13. The van der Waals surface area contributed by atoms with Crippen LogP contribution in [0.1, 0.15) is 18.1 Å². The lowest BCUT2D eigenvalue weighted by atomic mass is 9.94. The van der Waals surface area contributed by atoms with Gasteiger partial charge < -0.3 is 5.32 Å². The van der Waals surface area contributed by atoms with E-state index < -0.39 is 0 Å². The van der Waals surface area contributed by atoms with Crippen molar-refractivity contribution in [1.82, 2.24) is 10.3 Å². The SMILES string of the molecule is CCNCc1ccc(C)cc1-c1cccc2cnccc12. The number of pyridine rings is 1. The molecule has 0 spiro atoms. The van der Waals surface area contributed by atoms with E-state index in [4.69, 9.17) is 0 Å². The fourth-order valence-corrected chi connectivity index (χ4v) is 2.71. The van der Waals surface area contributed by atoms with Crippen LogP contribution in [-0.4, -0.2) is 11.5 Å². The summed E-state index contributed by atoms with van der Waals surface area (Å²) in [6.07, 6.45) is 3.80. The molecule has 2 heteroatoms. The van der Waals surface area contributed by atoms with Crippen molar-refractivity contribution in [1.29, 1.82) is 0 Å². The van der Waals surface area contributed by atoms with Crippen LogP contribution >= 0.6 is 0 Å². The number of nitrogens with zero attached hydrogens (tertiary/aromatic N) is 1. The number of aromatic nitrogens is 1. The zero-order valence-electron chi connectivity index (χ0n) is 12.6. The maximum absolute atomic E-state index is 4.22. The molecule has 0 aliphatic carbocycles. The lowest BCUT2D eigenvalue weighted by molar-refractivity contribution is 0.728. The Morgan fingerprint density at radius 2 is 1.95 bits per heavy atom. The minimum atomic E-state index is 0.896. The van der Waals surface area contributed by atoms with Crippen LogP contribution in [0, 0.1) is 6.92 Å². The summed E-state index contributed by atoms with van der Waals surface area (Å²) in [6, 6.07) is 15.2. The van der Waals surface area contributed by atoms with Gasteiger partial charge in [-0.15, -0.1) is 0 Å². The molecule has 1 aromatic heterocycles. The highest BCUT2D eigenvalue weighted by Gasteiger charge is 2.08. The smallest absolute Gasteiger partial charge is 0.0346 e. The van der Waals surface area contributed by atoms with Crippen molar-refractivity contribution in [2.24, 2.45) is 0 Å². The molecule has 0 fully saturated rings. The molecule has 0 atom stereocenters. The van der Waals surface area contributed by atoms with Crippen molar-refractivity contribution in [2.45, 2.75) is 20.4 Å². The van der Waals surface area contributed by atoms with Gasteiger partial charge in [-0.1, -0.05) is 48.9 Å². The van der Waals surface area contributed by atoms with Gasteiger partial charge >= 0.3 is 0 Å². The average molecular weight is 276 g/mol. The summed E-state index contributed by atoms with van der Waals surface area (Å²) in [5, 5.41) is 5.88. The van der Waals surface area contributed by atoms with Crippen LogP contribution in [0.2, 0.25) is 0 Å². The standard InChI is InChI=1S/C19H20N2/c1-3-20-12-16-8-7-14(2)11-19(16)18-6-4-5-15-13-21-10-9-17(15)18/h4-11,13,20H,3,12H2,1-2H3. The molecule has 3 rings (SSSR count). The first kappa shape index (κ1) is 13.8. The van der Waals surface area contributed by atoms with Crippen molar-refractivity contribution in [3.8, 4) is 11.1 Å². The van der Waals surface area contributed by atoms with Gasteiger partial charge in [0.05, 0.1) is 0 Å². The molecule has 0 bridgehead atoms. The van der Waals surface area contributed by atoms with Crippen molar-refractivity contribution in [3.05, 3.63) is 66.0 Å². The van der Waals surface area contributed by atoms with Gasteiger partial charge in [-0.05, 0) is 41.6 Å². The van der Waals surface area contributed by atoms with E-state index in [2.05, 4.69) is 66.6 Å². The summed E-state index contributed by atoms with van der Waals surface area (Å²) in [5.74, 6) is 0. The molecule has 3 aromatic rings. The Bertz CT molecular complexity index is 757. The maximum Gasteiger partial charge on any atom is 0.0346 e. The van der Waals surface area contributed by atoms with Gasteiger partial charge in [-0.25, -0.2) is 0 Å². The molecule has 1 heterocycles. The van der Waals surface area contributed by atoms with Crippen LogP contribution in [0.15, 0.2) is 54.9 Å². The lowest BCUT2D eigenvalue weighted by Crippen LogP contribution is -2.12. The van der Waals surface area contributed by atoms with Crippen LogP contribution < -0.4 is 5.32 Å². The molecular weight excluding hydrogens is 256 g/mol. The van der Waals surface area contributed by atoms with E-state index in [0.29, 0.717) is 0 Å². The molecule has 0 aliphatic rings. The molecule has 0 saturated heterocycles. The molecule has 0 amide bonds. The number of aryl methyl sites for hydroxylation is 1. The third-order valence-electron chi connectivity index (χ3n) is 3.80. The molecule has 2 nitrogen and oxygen atoms in total. The zero-order chi connectivity index (χ0) is 14.7. The number of fused-ring (bicyclic) bond motifs is 1. The average Bonchev–Trinajstić information content (AvgIpc) is 2.53. The monoisotopic (exact) mass is 276 g/mol. The van der Waals surface area contributed by atoms with E-state index in [1.54, 1.807) is 0 Å². The minimum Gasteiger partial charge on any atom is -0.313 e. The van der Waals surface area contributed by atoms with Gasteiger partial charge in [-0.2, -0.15) is 0 Å². The van der Waals surface area contributed by atoms with Gasteiger partial charge in [0.2, 0.25) is 0 Å². The molecular formula is C19H20N2.